The number of hydrogen-bond acceptors (Lipinski definition) is 2. The smallest absolute Gasteiger partial charge is 0.252 e. The number of anilines is 1. The predicted molar refractivity (Wildman–Crippen MR) is 97.5 cm³/mol. The van der Waals surface area contributed by atoms with Crippen LogP contribution in [0.1, 0.15) is 31.9 Å². The summed E-state index contributed by atoms with van der Waals surface area (Å²) in [6.07, 6.45) is 3.35. The lowest BCUT2D eigenvalue weighted by Gasteiger charge is -2.25. The molecule has 0 radical (unpaired) electrons. The molecule has 0 fully saturated rings. The lowest BCUT2D eigenvalue weighted by atomic mass is 9.95. The van der Waals surface area contributed by atoms with Crippen molar-refractivity contribution in [2.24, 2.45) is 10.5 Å². The van der Waals surface area contributed by atoms with E-state index in [0.29, 0.717) is 5.69 Å². The number of nitrogens with zero attached hydrogens (tertiary/aromatic N) is 2. The van der Waals surface area contributed by atoms with Crippen LogP contribution in [0.25, 0.3) is 6.08 Å². The fourth-order valence-electron chi connectivity index (χ4n) is 2.07. The second-order valence-electron chi connectivity index (χ2n) is 6.42. The van der Waals surface area contributed by atoms with Crippen LogP contribution >= 0.6 is 0 Å². The number of amides is 1. The van der Waals surface area contributed by atoms with Crippen molar-refractivity contribution in [1.29, 1.82) is 0 Å². The highest BCUT2D eigenvalue weighted by Crippen LogP contribution is 2.24. The van der Waals surface area contributed by atoms with Gasteiger partial charge in [0, 0.05) is 11.0 Å². The highest BCUT2D eigenvalue weighted by molar-refractivity contribution is 5.98. The van der Waals surface area contributed by atoms with Crippen molar-refractivity contribution in [3.05, 3.63) is 72.1 Å². The van der Waals surface area contributed by atoms with Gasteiger partial charge in [0.2, 0.25) is 0 Å². The minimum atomic E-state index is -0.621. The first-order valence-electron chi connectivity index (χ1n) is 7.68. The van der Waals surface area contributed by atoms with Crippen molar-refractivity contribution in [2.45, 2.75) is 20.8 Å². The molecule has 24 heavy (non-hydrogen) atoms. The van der Waals surface area contributed by atoms with Gasteiger partial charge in [0.25, 0.3) is 5.91 Å². The summed E-state index contributed by atoms with van der Waals surface area (Å²) in [7, 11) is 0. The highest BCUT2D eigenvalue weighted by atomic mass is 19.1. The number of hydrogen-bond donors (Lipinski definition) is 0. The summed E-state index contributed by atoms with van der Waals surface area (Å²) in [5.74, 6) is -0.538. The van der Waals surface area contributed by atoms with E-state index in [1.807, 2.05) is 45.0 Å². The molecule has 0 aliphatic carbocycles. The lowest BCUT2D eigenvalue weighted by molar-refractivity contribution is -0.125. The number of hydrazone groups is 1. The molecular weight excluding hydrogens is 303 g/mol. The molecule has 0 aliphatic rings. The molecule has 0 N–H and O–H groups in total. The summed E-state index contributed by atoms with van der Waals surface area (Å²) in [4.78, 5) is 12.7. The Labute approximate surface area is 142 Å². The van der Waals surface area contributed by atoms with Crippen LogP contribution in [0.3, 0.4) is 0 Å². The Hall–Kier alpha value is -2.75. The highest BCUT2D eigenvalue weighted by Gasteiger charge is 2.28. The molecule has 0 saturated carbocycles. The maximum atomic E-state index is 13.2. The summed E-state index contributed by atoms with van der Waals surface area (Å²) < 4.78 is 13.2. The summed E-state index contributed by atoms with van der Waals surface area (Å²) >= 11 is 0. The minimum absolute atomic E-state index is 0.179. The van der Waals surface area contributed by atoms with Gasteiger partial charge >= 0.3 is 0 Å². The van der Waals surface area contributed by atoms with E-state index >= 15 is 0 Å². The van der Waals surface area contributed by atoms with Crippen molar-refractivity contribution >= 4 is 23.9 Å². The molecule has 0 atom stereocenters. The third-order valence-corrected chi connectivity index (χ3v) is 3.43. The van der Waals surface area contributed by atoms with Crippen molar-refractivity contribution in [1.82, 2.24) is 0 Å². The third-order valence-electron chi connectivity index (χ3n) is 3.43. The second kappa shape index (κ2) is 7.21. The number of rotatable bonds is 4. The second-order valence-corrected chi connectivity index (χ2v) is 6.42. The Bertz CT molecular complexity index is 758. The molecule has 0 bridgehead atoms. The number of halogens is 1. The predicted octanol–water partition coefficient (Wildman–Crippen LogP) is 4.88. The summed E-state index contributed by atoms with van der Waals surface area (Å²) in [6.45, 7) is 9.23. The zero-order valence-electron chi connectivity index (χ0n) is 14.2. The van der Waals surface area contributed by atoms with E-state index in [9.17, 15) is 9.18 Å². The molecular formula is C20H21FN2O. The molecule has 0 saturated heterocycles. The SMILES string of the molecule is C=Cc1ccccc1/C=N/N(C(=O)C(C)(C)C)c1ccc(F)cc1. The Kier molecular flexibility index (Phi) is 5.29. The molecule has 2 rings (SSSR count). The third kappa shape index (κ3) is 4.16. The van der Waals surface area contributed by atoms with Gasteiger partial charge in [-0.2, -0.15) is 5.10 Å². The summed E-state index contributed by atoms with van der Waals surface area (Å²) in [5.41, 5.74) is 1.66. The van der Waals surface area contributed by atoms with Gasteiger partial charge in [-0.15, -0.1) is 0 Å². The fraction of sp³-hybridized carbons (Fsp3) is 0.200. The van der Waals surface area contributed by atoms with Gasteiger partial charge in [0.15, 0.2) is 0 Å². The van der Waals surface area contributed by atoms with E-state index in [0.717, 1.165) is 11.1 Å². The molecule has 0 heterocycles. The van der Waals surface area contributed by atoms with Crippen LogP contribution in [0.5, 0.6) is 0 Å². The van der Waals surface area contributed by atoms with Crippen molar-refractivity contribution in [3.63, 3.8) is 0 Å². The molecule has 0 spiro atoms. The van der Waals surface area contributed by atoms with E-state index in [4.69, 9.17) is 0 Å². The molecule has 1 amide bonds. The Balaban J connectivity index is 2.43. The van der Waals surface area contributed by atoms with Crippen molar-refractivity contribution in [3.8, 4) is 0 Å². The number of carbonyl (C=O) groups is 1. The first-order valence-corrected chi connectivity index (χ1v) is 7.68. The first-order chi connectivity index (χ1) is 11.3. The Morgan fingerprint density at radius 2 is 1.67 bits per heavy atom. The average molecular weight is 324 g/mol. The van der Waals surface area contributed by atoms with E-state index in [2.05, 4.69) is 11.7 Å². The van der Waals surface area contributed by atoms with Gasteiger partial charge in [0.05, 0.1) is 11.9 Å². The summed E-state index contributed by atoms with van der Waals surface area (Å²) in [6, 6.07) is 13.3. The van der Waals surface area contributed by atoms with Crippen LogP contribution in [0, 0.1) is 11.2 Å². The monoisotopic (exact) mass is 324 g/mol. The maximum absolute atomic E-state index is 13.2. The largest absolute Gasteiger partial charge is 0.272 e. The van der Waals surface area contributed by atoms with E-state index < -0.39 is 5.41 Å². The van der Waals surface area contributed by atoms with E-state index in [-0.39, 0.29) is 11.7 Å². The fourth-order valence-corrected chi connectivity index (χ4v) is 2.07. The molecule has 124 valence electrons. The normalized spacial score (nSPS) is 11.5. The van der Waals surface area contributed by atoms with Gasteiger partial charge in [-0.25, -0.2) is 9.40 Å². The van der Waals surface area contributed by atoms with Gasteiger partial charge < -0.3 is 0 Å². The molecule has 0 aliphatic heterocycles. The van der Waals surface area contributed by atoms with Gasteiger partial charge in [-0.3, -0.25) is 4.79 Å². The molecule has 4 heteroatoms. The van der Waals surface area contributed by atoms with Crippen LogP contribution in [-0.2, 0) is 4.79 Å². The maximum Gasteiger partial charge on any atom is 0.252 e. The minimum Gasteiger partial charge on any atom is -0.272 e. The Morgan fingerprint density at radius 3 is 2.21 bits per heavy atom. The Morgan fingerprint density at radius 1 is 1.08 bits per heavy atom. The number of benzene rings is 2. The number of carbonyl (C=O) groups excluding carboxylic acids is 1. The van der Waals surface area contributed by atoms with Crippen LogP contribution in [-0.4, -0.2) is 12.1 Å². The van der Waals surface area contributed by atoms with Gasteiger partial charge in [-0.05, 0) is 29.8 Å². The van der Waals surface area contributed by atoms with Crippen molar-refractivity contribution < 1.29 is 9.18 Å². The molecule has 3 nitrogen and oxygen atoms in total. The summed E-state index contributed by atoms with van der Waals surface area (Å²) in [5, 5.41) is 5.66. The zero-order valence-corrected chi connectivity index (χ0v) is 14.2. The van der Waals surface area contributed by atoms with Crippen molar-refractivity contribution in [2.75, 3.05) is 5.01 Å². The van der Waals surface area contributed by atoms with Gasteiger partial charge in [0.1, 0.15) is 5.82 Å². The van der Waals surface area contributed by atoms with E-state index in [1.165, 1.54) is 29.3 Å². The molecule has 0 aromatic heterocycles. The topological polar surface area (TPSA) is 32.7 Å². The zero-order chi connectivity index (χ0) is 17.7. The van der Waals surface area contributed by atoms with Crippen LogP contribution < -0.4 is 5.01 Å². The average Bonchev–Trinajstić information content (AvgIpc) is 2.56. The van der Waals surface area contributed by atoms with Gasteiger partial charge in [-0.1, -0.05) is 57.7 Å². The van der Waals surface area contributed by atoms with E-state index in [1.54, 1.807) is 12.3 Å². The lowest BCUT2D eigenvalue weighted by Crippen LogP contribution is -2.36. The van der Waals surface area contributed by atoms with Crippen LogP contribution in [0.15, 0.2) is 60.2 Å². The molecule has 0 unspecified atom stereocenters. The first kappa shape index (κ1) is 17.6. The molecule has 2 aromatic carbocycles. The molecule has 2 aromatic rings. The standard InChI is InChI=1S/C20H21FN2O/c1-5-15-8-6-7-9-16(15)14-22-23(19(24)20(2,3)4)18-12-10-17(21)11-13-18/h5-14H,1H2,2-4H3/b22-14+. The quantitative estimate of drug-likeness (QED) is 0.582. The van der Waals surface area contributed by atoms with Crippen LogP contribution in [0.4, 0.5) is 10.1 Å². The van der Waals surface area contributed by atoms with Crippen LogP contribution in [0.2, 0.25) is 0 Å².